The molecule has 7 aromatic rings. The molecule has 0 bridgehead atoms. The van der Waals surface area contributed by atoms with E-state index in [1.807, 2.05) is 156 Å². The summed E-state index contributed by atoms with van der Waals surface area (Å²) < 4.78 is 8.04. The van der Waals surface area contributed by atoms with Crippen LogP contribution in [0.2, 0.25) is 0 Å². The van der Waals surface area contributed by atoms with Crippen LogP contribution in [0.5, 0.6) is 5.75 Å². The number of halogens is 1. The van der Waals surface area contributed by atoms with Gasteiger partial charge in [-0.3, -0.25) is 15.6 Å². The normalized spacial score (nSPS) is 10.5. The number of ether oxygens (including phenoxy) is 1. The third-order valence-electron chi connectivity index (χ3n) is 8.09. The molecular formula is C43H35BrN4O5. The molecule has 0 aliphatic heterocycles. The van der Waals surface area contributed by atoms with Gasteiger partial charge in [0.1, 0.15) is 5.75 Å². The van der Waals surface area contributed by atoms with E-state index in [4.69, 9.17) is 14.9 Å². The summed E-state index contributed by atoms with van der Waals surface area (Å²) in [4.78, 5) is 22.8. The number of para-hydroxylation sites is 2. The third-order valence-corrected chi connectivity index (χ3v) is 8.78. The van der Waals surface area contributed by atoms with Crippen molar-refractivity contribution in [3.8, 4) is 45.1 Å². The van der Waals surface area contributed by atoms with Gasteiger partial charge in [-0.2, -0.15) is 5.10 Å². The number of benzene rings is 6. The Bertz CT molecular complexity index is 2300. The van der Waals surface area contributed by atoms with Gasteiger partial charge in [-0.25, -0.2) is 9.48 Å². The lowest BCUT2D eigenvalue weighted by molar-refractivity contribution is -0.139. The largest absolute Gasteiger partial charge is 0.482 e. The van der Waals surface area contributed by atoms with Crippen molar-refractivity contribution < 1.29 is 24.5 Å². The molecule has 0 saturated heterocycles. The number of anilines is 1. The minimum atomic E-state index is -1.03. The molecule has 0 aliphatic rings. The molecule has 264 valence electrons. The highest BCUT2D eigenvalue weighted by atomic mass is 79.9. The maximum atomic E-state index is 11.8. The number of carboxylic acids is 1. The number of nitrogens with one attached hydrogen (secondary N) is 2. The van der Waals surface area contributed by atoms with Gasteiger partial charge in [-0.15, -0.1) is 0 Å². The fraction of sp³-hybridized carbons (Fsp3) is 0.0465. The summed E-state index contributed by atoms with van der Waals surface area (Å²) in [5.41, 5.74) is 13.6. The molecule has 4 N–H and O–H groups in total. The quantitative estimate of drug-likeness (QED) is 0.0969. The Morgan fingerprint density at radius 2 is 1.30 bits per heavy atom. The number of carbonyl (C=O) groups is 2. The second kappa shape index (κ2) is 17.6. The zero-order chi connectivity index (χ0) is 37.0. The van der Waals surface area contributed by atoms with E-state index in [0.29, 0.717) is 17.0 Å². The van der Waals surface area contributed by atoms with Gasteiger partial charge in [0.2, 0.25) is 0 Å². The van der Waals surface area contributed by atoms with Gasteiger partial charge in [0, 0.05) is 21.2 Å². The summed E-state index contributed by atoms with van der Waals surface area (Å²) in [5.74, 6) is -0.749. The predicted molar refractivity (Wildman–Crippen MR) is 211 cm³/mol. The minimum Gasteiger partial charge on any atom is -0.482 e. The lowest BCUT2D eigenvalue weighted by Crippen LogP contribution is -2.29. The maximum absolute atomic E-state index is 11.8. The number of aliphatic hydroxyl groups is 1. The molecular weight excluding hydrogens is 732 g/mol. The smallest absolute Gasteiger partial charge is 0.341 e. The van der Waals surface area contributed by atoms with Crippen LogP contribution in [0.15, 0.2) is 168 Å². The monoisotopic (exact) mass is 766 g/mol. The van der Waals surface area contributed by atoms with Crippen LogP contribution in [-0.2, 0) is 11.4 Å². The number of aliphatic hydroxyl groups excluding tert-OH is 1. The molecule has 0 saturated carbocycles. The number of carboxylic acid groups (broad SMARTS) is 1. The molecule has 0 unspecified atom stereocenters. The fourth-order valence-corrected chi connectivity index (χ4v) is 6.13. The lowest BCUT2D eigenvalue weighted by atomic mass is 9.94. The standard InChI is InChI=1S/C30H24N2O4.C13H11BrN2O/c33-19-27-29(31-32(23-13-5-2-6-14-23)30(27)21-10-3-1-4-11-21)26-17-8-7-16-25(26)22-12-9-15-24(18-22)36-20-28(34)35;14-12-9-5-4-8-11(12)13(17)16-15-10-6-2-1-3-7-10/h1-18,33H,19-20H2,(H,34,35);1-9,15H,(H,16,17). The number of rotatable bonds is 11. The molecule has 0 aliphatic carbocycles. The number of hydrogen-bond donors (Lipinski definition) is 4. The van der Waals surface area contributed by atoms with Gasteiger partial charge in [-0.05, 0) is 75.6 Å². The van der Waals surface area contributed by atoms with Crippen molar-refractivity contribution in [1.29, 1.82) is 0 Å². The van der Waals surface area contributed by atoms with E-state index in [2.05, 4.69) is 26.8 Å². The number of nitrogens with zero attached hydrogens (tertiary/aromatic N) is 2. The molecule has 9 nitrogen and oxygen atoms in total. The molecule has 0 radical (unpaired) electrons. The van der Waals surface area contributed by atoms with E-state index in [1.165, 1.54) is 0 Å². The number of aromatic nitrogens is 2. The van der Waals surface area contributed by atoms with Crippen LogP contribution in [0.3, 0.4) is 0 Å². The molecule has 1 aromatic heterocycles. The predicted octanol–water partition coefficient (Wildman–Crippen LogP) is 9.04. The Hall–Kier alpha value is -6.49. The highest BCUT2D eigenvalue weighted by Gasteiger charge is 2.23. The van der Waals surface area contributed by atoms with Crippen LogP contribution in [0.25, 0.3) is 39.3 Å². The van der Waals surface area contributed by atoms with E-state index in [0.717, 1.165) is 49.4 Å². The molecule has 7 rings (SSSR count). The number of amides is 1. The first-order valence-corrected chi connectivity index (χ1v) is 17.5. The van der Waals surface area contributed by atoms with Crippen LogP contribution < -0.4 is 15.6 Å². The van der Waals surface area contributed by atoms with Crippen LogP contribution in [0.1, 0.15) is 15.9 Å². The summed E-state index contributed by atoms with van der Waals surface area (Å²) in [7, 11) is 0. The Balaban J connectivity index is 0.000000236. The minimum absolute atomic E-state index is 0.179. The maximum Gasteiger partial charge on any atom is 0.341 e. The highest BCUT2D eigenvalue weighted by Crippen LogP contribution is 2.39. The molecule has 10 heteroatoms. The number of hydrazine groups is 1. The molecule has 0 atom stereocenters. The molecule has 0 spiro atoms. The highest BCUT2D eigenvalue weighted by molar-refractivity contribution is 9.10. The second-order valence-electron chi connectivity index (χ2n) is 11.6. The van der Waals surface area contributed by atoms with Crippen LogP contribution in [0.4, 0.5) is 5.69 Å². The Labute approximate surface area is 315 Å². The number of aliphatic carboxylic acids is 1. The molecule has 6 aromatic carbocycles. The molecule has 1 heterocycles. The summed E-state index contributed by atoms with van der Waals surface area (Å²) in [6, 6.07) is 51.6. The topological polar surface area (TPSA) is 126 Å². The van der Waals surface area contributed by atoms with E-state index in [1.54, 1.807) is 12.1 Å². The average molecular weight is 768 g/mol. The van der Waals surface area contributed by atoms with Gasteiger partial charge < -0.3 is 14.9 Å². The third kappa shape index (κ3) is 9.06. The Morgan fingerprint density at radius 1 is 0.698 bits per heavy atom. The van der Waals surface area contributed by atoms with E-state index < -0.39 is 12.6 Å². The average Bonchev–Trinajstić information content (AvgIpc) is 3.60. The van der Waals surface area contributed by atoms with Crippen molar-refractivity contribution in [2.24, 2.45) is 0 Å². The van der Waals surface area contributed by atoms with Crippen molar-refractivity contribution >= 4 is 33.5 Å². The van der Waals surface area contributed by atoms with Crippen LogP contribution in [0, 0.1) is 0 Å². The first kappa shape index (κ1) is 36.3. The molecule has 1 amide bonds. The first-order chi connectivity index (χ1) is 25.9. The van der Waals surface area contributed by atoms with Crippen molar-refractivity contribution in [3.05, 3.63) is 179 Å². The van der Waals surface area contributed by atoms with E-state index in [-0.39, 0.29) is 12.5 Å². The van der Waals surface area contributed by atoms with Crippen LogP contribution >= 0.6 is 15.9 Å². The van der Waals surface area contributed by atoms with Crippen LogP contribution in [-0.4, -0.2) is 38.5 Å². The number of carbonyl (C=O) groups excluding carboxylic acids is 1. The number of hydrogen-bond acceptors (Lipinski definition) is 6. The van der Waals surface area contributed by atoms with Crippen molar-refractivity contribution in [2.75, 3.05) is 12.0 Å². The van der Waals surface area contributed by atoms with Gasteiger partial charge in [0.15, 0.2) is 6.61 Å². The van der Waals surface area contributed by atoms with Gasteiger partial charge >= 0.3 is 5.97 Å². The van der Waals surface area contributed by atoms with Crippen molar-refractivity contribution in [2.45, 2.75) is 6.61 Å². The van der Waals surface area contributed by atoms with Gasteiger partial charge in [0.25, 0.3) is 5.91 Å². The summed E-state index contributed by atoms with van der Waals surface area (Å²) >= 11 is 3.33. The molecule has 0 fully saturated rings. The SMILES string of the molecule is O=C(NNc1ccccc1)c1ccccc1Br.O=C(O)COc1cccc(-c2ccccc2-c2nn(-c3ccccc3)c(-c3ccccc3)c2CO)c1. The first-order valence-electron chi connectivity index (χ1n) is 16.7. The van der Waals surface area contributed by atoms with Crippen molar-refractivity contribution in [1.82, 2.24) is 15.2 Å². The molecule has 53 heavy (non-hydrogen) atoms. The Morgan fingerprint density at radius 3 is 1.98 bits per heavy atom. The summed E-state index contributed by atoms with van der Waals surface area (Å²) in [6.45, 7) is -0.607. The Kier molecular flexibility index (Phi) is 12.1. The van der Waals surface area contributed by atoms with Gasteiger partial charge in [-0.1, -0.05) is 115 Å². The van der Waals surface area contributed by atoms with E-state index in [9.17, 15) is 14.7 Å². The fourth-order valence-electron chi connectivity index (χ4n) is 5.67. The van der Waals surface area contributed by atoms with E-state index >= 15 is 0 Å². The van der Waals surface area contributed by atoms with Gasteiger partial charge in [0.05, 0.1) is 34.9 Å². The second-order valence-corrected chi connectivity index (χ2v) is 12.5. The van der Waals surface area contributed by atoms with Crippen molar-refractivity contribution in [3.63, 3.8) is 0 Å². The summed E-state index contributed by atoms with van der Waals surface area (Å²) in [6.07, 6.45) is 0. The lowest BCUT2D eigenvalue weighted by Gasteiger charge is -2.11. The summed E-state index contributed by atoms with van der Waals surface area (Å²) in [5, 5.41) is 24.6. The zero-order valence-corrected chi connectivity index (χ0v) is 30.0. The zero-order valence-electron chi connectivity index (χ0n) is 28.4.